The predicted octanol–water partition coefficient (Wildman–Crippen LogP) is 3.20. The van der Waals surface area contributed by atoms with Gasteiger partial charge in [-0.1, -0.05) is 11.3 Å². The average Bonchev–Trinajstić information content (AvgIpc) is 3.02. The van der Waals surface area contributed by atoms with Gasteiger partial charge in [0.2, 0.25) is 0 Å². The van der Waals surface area contributed by atoms with Crippen molar-refractivity contribution in [3.8, 4) is 11.5 Å². The highest BCUT2D eigenvalue weighted by Gasteiger charge is 2.23. The Morgan fingerprint density at radius 1 is 1.26 bits per heavy atom. The summed E-state index contributed by atoms with van der Waals surface area (Å²) in [5.74, 6) is -0.538. The molecule has 27 heavy (non-hydrogen) atoms. The molecule has 0 unspecified atom stereocenters. The van der Waals surface area contributed by atoms with Crippen molar-refractivity contribution in [1.82, 2.24) is 4.98 Å². The lowest BCUT2D eigenvalue weighted by Crippen LogP contribution is -2.15. The van der Waals surface area contributed by atoms with Crippen LogP contribution >= 0.6 is 11.3 Å². The van der Waals surface area contributed by atoms with Crippen LogP contribution in [0.3, 0.4) is 0 Å². The van der Waals surface area contributed by atoms with Crippen molar-refractivity contribution in [3.63, 3.8) is 0 Å². The lowest BCUT2D eigenvalue weighted by Gasteiger charge is -2.10. The number of benzene rings is 2. The van der Waals surface area contributed by atoms with Crippen LogP contribution in [0.15, 0.2) is 41.3 Å². The molecule has 0 bridgehead atoms. The second-order valence-corrected chi connectivity index (χ2v) is 8.04. The fraction of sp³-hybridized carbons (Fsp3) is 0.176. The van der Waals surface area contributed by atoms with Crippen LogP contribution in [0.5, 0.6) is 11.5 Å². The highest BCUT2D eigenvalue weighted by atomic mass is 32.2. The number of aromatic nitrogens is 1. The Bertz CT molecular complexity index is 1110. The summed E-state index contributed by atoms with van der Waals surface area (Å²) in [4.78, 5) is 15.1. The number of carbonyl (C=O) groups is 1. The topological polar surface area (TPSA) is 115 Å². The number of fused-ring (bicyclic) bond motifs is 1. The summed E-state index contributed by atoms with van der Waals surface area (Å²) in [6.07, 6.45) is 0. The average molecular weight is 408 g/mol. The van der Waals surface area contributed by atoms with Crippen LogP contribution in [-0.2, 0) is 10.0 Å². The Kier molecular flexibility index (Phi) is 5.19. The number of nitrogens with one attached hydrogen (secondary N) is 1. The van der Waals surface area contributed by atoms with Gasteiger partial charge in [-0.25, -0.2) is 18.2 Å². The van der Waals surface area contributed by atoms with Gasteiger partial charge < -0.3 is 14.6 Å². The van der Waals surface area contributed by atoms with Gasteiger partial charge in [-0.3, -0.25) is 4.72 Å². The van der Waals surface area contributed by atoms with Crippen LogP contribution in [0, 0.1) is 0 Å². The molecule has 0 saturated heterocycles. The number of hydrogen-bond acceptors (Lipinski definition) is 7. The minimum atomic E-state index is -4.10. The molecule has 0 atom stereocenters. The third-order valence-electron chi connectivity index (χ3n) is 3.59. The second kappa shape index (κ2) is 7.41. The molecule has 0 aliphatic heterocycles. The lowest BCUT2D eigenvalue weighted by molar-refractivity contribution is 0.0696. The number of anilines is 1. The number of rotatable bonds is 7. The van der Waals surface area contributed by atoms with Crippen LogP contribution in [0.1, 0.15) is 17.3 Å². The third-order valence-corrected chi connectivity index (χ3v) is 6.02. The number of methoxy groups -OCH3 is 1. The Morgan fingerprint density at radius 3 is 2.70 bits per heavy atom. The zero-order valence-electron chi connectivity index (χ0n) is 14.4. The first-order valence-electron chi connectivity index (χ1n) is 7.81. The Labute approximate surface area is 159 Å². The van der Waals surface area contributed by atoms with Gasteiger partial charge in [0.05, 0.1) is 29.5 Å². The SMILES string of the molecule is CCOc1ccc2nc(NS(=O)(=O)c3cc(C(=O)O)ccc3OC)sc2c1. The first-order chi connectivity index (χ1) is 12.8. The van der Waals surface area contributed by atoms with Gasteiger partial charge in [0, 0.05) is 0 Å². The second-order valence-electron chi connectivity index (χ2n) is 5.36. The zero-order chi connectivity index (χ0) is 19.6. The lowest BCUT2D eigenvalue weighted by atomic mass is 10.2. The van der Waals surface area contributed by atoms with E-state index in [9.17, 15) is 13.2 Å². The van der Waals surface area contributed by atoms with Crippen molar-refractivity contribution >= 4 is 42.7 Å². The van der Waals surface area contributed by atoms with Crippen molar-refractivity contribution in [1.29, 1.82) is 0 Å². The van der Waals surface area contributed by atoms with E-state index in [1.807, 2.05) is 6.92 Å². The van der Waals surface area contributed by atoms with Crippen molar-refractivity contribution in [2.75, 3.05) is 18.4 Å². The van der Waals surface area contributed by atoms with E-state index in [1.54, 1.807) is 18.2 Å². The molecule has 1 heterocycles. The molecule has 2 aromatic carbocycles. The van der Waals surface area contributed by atoms with Crippen LogP contribution in [0.2, 0.25) is 0 Å². The molecule has 0 saturated carbocycles. The summed E-state index contributed by atoms with van der Waals surface area (Å²) in [5.41, 5.74) is 0.453. The number of nitrogens with zero attached hydrogens (tertiary/aromatic N) is 1. The number of thiazole rings is 1. The highest BCUT2D eigenvalue weighted by molar-refractivity contribution is 7.93. The van der Waals surface area contributed by atoms with Gasteiger partial charge in [0.25, 0.3) is 10.0 Å². The van der Waals surface area contributed by atoms with Gasteiger partial charge in [-0.15, -0.1) is 0 Å². The third kappa shape index (κ3) is 3.96. The summed E-state index contributed by atoms with van der Waals surface area (Å²) >= 11 is 1.14. The normalized spacial score (nSPS) is 11.3. The fourth-order valence-corrected chi connectivity index (χ4v) is 4.72. The number of carboxylic acids is 1. The molecule has 0 aliphatic rings. The minimum Gasteiger partial charge on any atom is -0.495 e. The molecule has 10 heteroatoms. The number of carboxylic acid groups (broad SMARTS) is 1. The zero-order valence-corrected chi connectivity index (χ0v) is 16.1. The van der Waals surface area contributed by atoms with Crippen LogP contribution in [0.4, 0.5) is 5.13 Å². The van der Waals surface area contributed by atoms with Gasteiger partial charge >= 0.3 is 5.97 Å². The monoisotopic (exact) mass is 408 g/mol. The first-order valence-corrected chi connectivity index (χ1v) is 10.1. The molecule has 8 nitrogen and oxygen atoms in total. The smallest absolute Gasteiger partial charge is 0.335 e. The Morgan fingerprint density at radius 2 is 2.04 bits per heavy atom. The maximum Gasteiger partial charge on any atom is 0.335 e. The van der Waals surface area contributed by atoms with Gasteiger partial charge in [0.15, 0.2) is 5.13 Å². The van der Waals surface area contributed by atoms with Crippen LogP contribution in [0.25, 0.3) is 10.2 Å². The molecule has 142 valence electrons. The van der Waals surface area contributed by atoms with Crippen LogP contribution in [-0.4, -0.2) is 38.2 Å². The van der Waals surface area contributed by atoms with Gasteiger partial charge in [-0.05, 0) is 43.3 Å². The van der Waals surface area contributed by atoms with Crippen molar-refractivity contribution in [2.45, 2.75) is 11.8 Å². The van der Waals surface area contributed by atoms with Crippen LogP contribution < -0.4 is 14.2 Å². The quantitative estimate of drug-likeness (QED) is 0.617. The molecule has 0 amide bonds. The summed E-state index contributed by atoms with van der Waals surface area (Å²) in [7, 11) is -2.79. The molecule has 3 aromatic rings. The molecule has 2 N–H and O–H groups in total. The van der Waals surface area contributed by atoms with E-state index in [0.717, 1.165) is 22.1 Å². The summed E-state index contributed by atoms with van der Waals surface area (Å²) in [6, 6.07) is 8.88. The van der Waals surface area contributed by atoms with Crippen molar-refractivity contribution in [2.24, 2.45) is 0 Å². The van der Waals surface area contributed by atoms with E-state index < -0.39 is 16.0 Å². The summed E-state index contributed by atoms with van der Waals surface area (Å²) in [6.45, 7) is 2.39. The van der Waals surface area contributed by atoms with E-state index >= 15 is 0 Å². The predicted molar refractivity (Wildman–Crippen MR) is 102 cm³/mol. The molecular weight excluding hydrogens is 392 g/mol. The summed E-state index contributed by atoms with van der Waals surface area (Å²) in [5, 5.41) is 9.27. The van der Waals surface area contributed by atoms with E-state index in [1.165, 1.54) is 19.2 Å². The standard InChI is InChI=1S/C17H16N2O6S2/c1-3-25-11-5-6-12-14(9-11)26-17(18-12)19-27(22,23)15-8-10(16(20)21)4-7-13(15)24-2/h4-9H,3H2,1-2H3,(H,18,19)(H,20,21). The van der Waals surface area contributed by atoms with E-state index in [0.29, 0.717) is 17.9 Å². The molecule has 0 spiro atoms. The number of hydrogen-bond donors (Lipinski definition) is 2. The molecule has 0 radical (unpaired) electrons. The van der Waals surface area contributed by atoms with Crippen molar-refractivity contribution < 1.29 is 27.8 Å². The molecule has 1 aromatic heterocycles. The van der Waals surface area contributed by atoms with E-state index in [4.69, 9.17) is 14.6 Å². The number of sulfonamides is 1. The Hall–Kier alpha value is -2.85. The molecule has 0 aliphatic carbocycles. The maximum absolute atomic E-state index is 12.8. The largest absolute Gasteiger partial charge is 0.495 e. The maximum atomic E-state index is 12.8. The molecule has 0 fully saturated rings. The van der Waals surface area contributed by atoms with E-state index in [2.05, 4.69) is 9.71 Å². The summed E-state index contributed by atoms with van der Waals surface area (Å²) < 4.78 is 39.1. The van der Waals surface area contributed by atoms with E-state index in [-0.39, 0.29) is 21.3 Å². The molecule has 3 rings (SSSR count). The first kappa shape index (κ1) is 18.9. The number of ether oxygens (including phenoxy) is 2. The van der Waals surface area contributed by atoms with Gasteiger partial charge in [-0.2, -0.15) is 0 Å². The number of aromatic carboxylic acids is 1. The fourth-order valence-electron chi connectivity index (χ4n) is 2.39. The Balaban J connectivity index is 1.98. The minimum absolute atomic E-state index is 0.0345. The molecular formula is C17H16N2O6S2. The van der Waals surface area contributed by atoms with Crippen molar-refractivity contribution in [3.05, 3.63) is 42.0 Å². The highest BCUT2D eigenvalue weighted by Crippen LogP contribution is 2.32. The van der Waals surface area contributed by atoms with Gasteiger partial charge in [0.1, 0.15) is 16.4 Å².